The average Bonchev–Trinajstić information content (AvgIpc) is 3.13. The first-order chi connectivity index (χ1) is 17.1. The van der Waals surface area contributed by atoms with Gasteiger partial charge in [0.2, 0.25) is 0 Å². The number of hydrogen-bond donors (Lipinski definition) is 1. The molecule has 6 heteroatoms. The molecule has 2 amide bonds. The van der Waals surface area contributed by atoms with Crippen LogP contribution in [0.2, 0.25) is 0 Å². The second-order valence-electron chi connectivity index (χ2n) is 8.15. The van der Waals surface area contributed by atoms with Crippen LogP contribution in [0, 0.1) is 0 Å². The maximum Gasteiger partial charge on any atom is 0.278 e. The van der Waals surface area contributed by atoms with Crippen molar-refractivity contribution >= 4 is 33.8 Å². The summed E-state index contributed by atoms with van der Waals surface area (Å²) in [6.07, 6.45) is 0. The highest BCUT2D eigenvalue weighted by Gasteiger charge is 2.39. The molecule has 0 bridgehead atoms. The van der Waals surface area contributed by atoms with Crippen LogP contribution in [0.5, 0.6) is 11.5 Å². The molecule has 0 saturated heterocycles. The zero-order valence-corrected chi connectivity index (χ0v) is 19.4. The lowest BCUT2D eigenvalue weighted by Gasteiger charge is -2.16. The molecule has 4 aromatic rings. The Balaban J connectivity index is 1.62. The van der Waals surface area contributed by atoms with Crippen LogP contribution in [0.15, 0.2) is 96.7 Å². The third kappa shape index (κ3) is 4.10. The maximum atomic E-state index is 13.7. The number of amides is 2. The minimum atomic E-state index is -0.378. The number of hydrogen-bond acceptors (Lipinski definition) is 5. The lowest BCUT2D eigenvalue weighted by molar-refractivity contribution is -0.137. The average molecular weight is 465 g/mol. The molecule has 1 aliphatic heterocycles. The highest BCUT2D eigenvalue weighted by Crippen LogP contribution is 2.37. The van der Waals surface area contributed by atoms with E-state index in [9.17, 15) is 9.59 Å². The number of ether oxygens (including phenoxy) is 2. The molecule has 0 unspecified atom stereocenters. The maximum absolute atomic E-state index is 13.7. The van der Waals surface area contributed by atoms with Crippen molar-refractivity contribution in [1.82, 2.24) is 4.90 Å². The third-order valence-electron chi connectivity index (χ3n) is 6.07. The second kappa shape index (κ2) is 9.35. The number of fused-ring (bicyclic) bond motifs is 1. The molecule has 0 radical (unpaired) electrons. The lowest BCUT2D eigenvalue weighted by atomic mass is 10.0. The molecule has 1 heterocycles. The summed E-state index contributed by atoms with van der Waals surface area (Å²) < 4.78 is 10.8. The molecule has 0 fully saturated rings. The summed E-state index contributed by atoms with van der Waals surface area (Å²) in [5.74, 6) is 0.271. The van der Waals surface area contributed by atoms with Gasteiger partial charge in [-0.15, -0.1) is 0 Å². The molecule has 0 atom stereocenters. The number of benzene rings is 4. The van der Waals surface area contributed by atoms with E-state index in [2.05, 4.69) is 5.32 Å². The summed E-state index contributed by atoms with van der Waals surface area (Å²) in [6, 6.07) is 28.4. The van der Waals surface area contributed by atoms with Gasteiger partial charge in [-0.1, -0.05) is 72.8 Å². The SMILES string of the molecule is COc1ccc(C2=C(Nc3cccc4ccccc34)C(=O)N(Cc3ccccc3)C2=O)cc1OC. The van der Waals surface area contributed by atoms with Crippen molar-refractivity contribution in [2.75, 3.05) is 19.5 Å². The van der Waals surface area contributed by atoms with Crippen LogP contribution in [0.3, 0.4) is 0 Å². The summed E-state index contributed by atoms with van der Waals surface area (Å²) >= 11 is 0. The molecule has 5 rings (SSSR count). The summed E-state index contributed by atoms with van der Waals surface area (Å²) in [6.45, 7) is 0.177. The molecule has 6 nitrogen and oxygen atoms in total. The van der Waals surface area contributed by atoms with Crippen LogP contribution in [0.4, 0.5) is 5.69 Å². The molecular formula is C29H24N2O4. The smallest absolute Gasteiger partial charge is 0.278 e. The Hall–Kier alpha value is -4.58. The quantitative estimate of drug-likeness (QED) is 0.379. The number of carbonyl (C=O) groups is 2. The molecule has 174 valence electrons. The number of carbonyl (C=O) groups excluding carboxylic acids is 2. The Morgan fingerprint density at radius 2 is 1.46 bits per heavy atom. The molecule has 1 aliphatic rings. The molecule has 1 N–H and O–H groups in total. The Morgan fingerprint density at radius 3 is 2.23 bits per heavy atom. The minimum Gasteiger partial charge on any atom is -0.493 e. The molecule has 0 saturated carbocycles. The van der Waals surface area contributed by atoms with E-state index >= 15 is 0 Å². The van der Waals surface area contributed by atoms with Crippen LogP contribution in [-0.2, 0) is 16.1 Å². The largest absolute Gasteiger partial charge is 0.493 e. The fourth-order valence-corrected chi connectivity index (χ4v) is 4.33. The number of nitrogens with zero attached hydrogens (tertiary/aromatic N) is 1. The van der Waals surface area contributed by atoms with Crippen LogP contribution in [0.1, 0.15) is 11.1 Å². The highest BCUT2D eigenvalue weighted by molar-refractivity contribution is 6.36. The standard InChI is InChI=1S/C29H24N2O4/c1-34-24-16-15-21(17-25(24)35-2)26-27(30-23-14-8-12-20-11-6-7-13-22(20)23)29(33)31(28(26)32)18-19-9-4-3-5-10-19/h3-17,30H,18H2,1-2H3. The number of anilines is 1. The van der Waals surface area contributed by atoms with E-state index in [1.807, 2.05) is 72.8 Å². The third-order valence-corrected chi connectivity index (χ3v) is 6.07. The Bertz CT molecular complexity index is 1460. The molecule has 35 heavy (non-hydrogen) atoms. The molecule has 0 spiro atoms. The van der Waals surface area contributed by atoms with E-state index in [0.29, 0.717) is 22.6 Å². The first kappa shape index (κ1) is 22.2. The second-order valence-corrected chi connectivity index (χ2v) is 8.15. The van der Waals surface area contributed by atoms with Crippen molar-refractivity contribution in [1.29, 1.82) is 0 Å². The van der Waals surface area contributed by atoms with Gasteiger partial charge in [-0.05, 0) is 34.7 Å². The minimum absolute atomic E-state index is 0.177. The van der Waals surface area contributed by atoms with E-state index in [-0.39, 0.29) is 24.1 Å². The summed E-state index contributed by atoms with van der Waals surface area (Å²) in [7, 11) is 3.09. The monoisotopic (exact) mass is 464 g/mol. The summed E-state index contributed by atoms with van der Waals surface area (Å²) in [5, 5.41) is 5.28. The van der Waals surface area contributed by atoms with Crippen molar-refractivity contribution < 1.29 is 19.1 Å². The predicted octanol–water partition coefficient (Wildman–Crippen LogP) is 5.25. The summed E-state index contributed by atoms with van der Waals surface area (Å²) in [5.41, 5.74) is 2.71. The van der Waals surface area contributed by atoms with Gasteiger partial charge in [0.25, 0.3) is 11.8 Å². The first-order valence-electron chi connectivity index (χ1n) is 11.2. The fourth-order valence-electron chi connectivity index (χ4n) is 4.33. The van der Waals surface area contributed by atoms with Gasteiger partial charge < -0.3 is 14.8 Å². The number of rotatable bonds is 7. The normalized spacial score (nSPS) is 13.5. The topological polar surface area (TPSA) is 67.9 Å². The zero-order chi connectivity index (χ0) is 24.4. The molecular weight excluding hydrogens is 440 g/mol. The van der Waals surface area contributed by atoms with E-state index in [4.69, 9.17) is 9.47 Å². The molecule has 0 aromatic heterocycles. The van der Waals surface area contributed by atoms with Gasteiger partial charge in [0.15, 0.2) is 11.5 Å². The van der Waals surface area contributed by atoms with Gasteiger partial charge in [0.1, 0.15) is 5.70 Å². The number of methoxy groups -OCH3 is 2. The molecule has 0 aliphatic carbocycles. The van der Waals surface area contributed by atoms with Crippen molar-refractivity contribution in [2.45, 2.75) is 6.54 Å². The van der Waals surface area contributed by atoms with Crippen molar-refractivity contribution in [3.8, 4) is 11.5 Å². The van der Waals surface area contributed by atoms with Gasteiger partial charge in [0, 0.05) is 11.1 Å². The number of nitrogens with one attached hydrogen (secondary N) is 1. The van der Waals surface area contributed by atoms with Crippen molar-refractivity contribution in [3.05, 3.63) is 108 Å². The highest BCUT2D eigenvalue weighted by atomic mass is 16.5. The van der Waals surface area contributed by atoms with E-state index in [1.165, 1.54) is 12.0 Å². The number of imide groups is 1. The van der Waals surface area contributed by atoms with Crippen LogP contribution in [-0.4, -0.2) is 30.9 Å². The van der Waals surface area contributed by atoms with Gasteiger partial charge >= 0.3 is 0 Å². The van der Waals surface area contributed by atoms with Crippen LogP contribution >= 0.6 is 0 Å². The van der Waals surface area contributed by atoms with Crippen LogP contribution in [0.25, 0.3) is 16.3 Å². The van der Waals surface area contributed by atoms with E-state index < -0.39 is 0 Å². The zero-order valence-electron chi connectivity index (χ0n) is 19.4. The van der Waals surface area contributed by atoms with Crippen molar-refractivity contribution in [2.24, 2.45) is 0 Å². The first-order valence-corrected chi connectivity index (χ1v) is 11.2. The molecule has 4 aromatic carbocycles. The lowest BCUT2D eigenvalue weighted by Crippen LogP contribution is -2.32. The Kier molecular flexibility index (Phi) is 5.94. The van der Waals surface area contributed by atoms with Gasteiger partial charge in [-0.2, -0.15) is 0 Å². The van der Waals surface area contributed by atoms with E-state index in [1.54, 1.807) is 25.3 Å². The van der Waals surface area contributed by atoms with Crippen LogP contribution < -0.4 is 14.8 Å². The van der Waals surface area contributed by atoms with E-state index in [0.717, 1.165) is 22.0 Å². The summed E-state index contributed by atoms with van der Waals surface area (Å²) in [4.78, 5) is 28.6. The van der Waals surface area contributed by atoms with Gasteiger partial charge in [-0.25, -0.2) is 0 Å². The Morgan fingerprint density at radius 1 is 0.743 bits per heavy atom. The van der Waals surface area contributed by atoms with Gasteiger partial charge in [-0.3, -0.25) is 14.5 Å². The fraction of sp³-hybridized carbons (Fsp3) is 0.103. The Labute approximate surface area is 203 Å². The van der Waals surface area contributed by atoms with Gasteiger partial charge in [0.05, 0.1) is 26.3 Å². The predicted molar refractivity (Wildman–Crippen MR) is 136 cm³/mol. The van der Waals surface area contributed by atoms with Crippen molar-refractivity contribution in [3.63, 3.8) is 0 Å².